The minimum atomic E-state index is -0.903. The van der Waals surface area contributed by atoms with Gasteiger partial charge in [0.25, 0.3) is 11.8 Å². The predicted molar refractivity (Wildman–Crippen MR) is 119 cm³/mol. The van der Waals surface area contributed by atoms with Crippen LogP contribution in [-0.4, -0.2) is 30.4 Å². The highest BCUT2D eigenvalue weighted by molar-refractivity contribution is 5.96. The van der Waals surface area contributed by atoms with Crippen molar-refractivity contribution >= 4 is 23.5 Å². The molecule has 0 radical (unpaired) electrons. The van der Waals surface area contributed by atoms with Crippen LogP contribution in [0.3, 0.4) is 0 Å². The summed E-state index contributed by atoms with van der Waals surface area (Å²) in [4.78, 5) is 37.3. The molecule has 2 rings (SSSR count). The van der Waals surface area contributed by atoms with Crippen LogP contribution in [0.4, 0.5) is 5.69 Å². The summed E-state index contributed by atoms with van der Waals surface area (Å²) in [7, 11) is 0. The van der Waals surface area contributed by atoms with E-state index in [1.807, 2.05) is 18.2 Å². The van der Waals surface area contributed by atoms with Gasteiger partial charge in [0.1, 0.15) is 6.04 Å². The van der Waals surface area contributed by atoms with Gasteiger partial charge in [-0.25, -0.2) is 4.79 Å². The number of furan rings is 1. The highest BCUT2D eigenvalue weighted by atomic mass is 16.5. The zero-order valence-corrected chi connectivity index (χ0v) is 19.0. The molecule has 0 aliphatic carbocycles. The number of nitrogens with one attached hydrogen (secondary N) is 2. The second-order valence-corrected chi connectivity index (χ2v) is 8.45. The Bertz CT molecular complexity index is 874. The van der Waals surface area contributed by atoms with E-state index in [1.165, 1.54) is 12.3 Å². The van der Waals surface area contributed by atoms with E-state index in [9.17, 15) is 14.4 Å². The van der Waals surface area contributed by atoms with E-state index in [4.69, 9.17) is 9.15 Å². The maximum atomic E-state index is 12.6. The number of esters is 1. The van der Waals surface area contributed by atoms with Crippen molar-refractivity contribution in [3.63, 3.8) is 0 Å². The van der Waals surface area contributed by atoms with Gasteiger partial charge in [-0.05, 0) is 41.0 Å². The van der Waals surface area contributed by atoms with Crippen LogP contribution in [0.2, 0.25) is 0 Å². The number of hydrogen-bond acceptors (Lipinski definition) is 5. The SMILES string of the molecule is CC(C)c1cccc(C(C)C)c1NC(=O)COC(=O)[C@@H](NC(=O)c1ccco1)C(C)C. The number of hydrogen-bond donors (Lipinski definition) is 2. The Morgan fingerprint density at radius 3 is 2.03 bits per heavy atom. The third-order valence-electron chi connectivity index (χ3n) is 4.94. The first-order valence-electron chi connectivity index (χ1n) is 10.6. The van der Waals surface area contributed by atoms with Crippen LogP contribution in [-0.2, 0) is 14.3 Å². The number of benzene rings is 1. The number of ether oxygens (including phenoxy) is 1. The summed E-state index contributed by atoms with van der Waals surface area (Å²) >= 11 is 0. The molecule has 0 fully saturated rings. The Balaban J connectivity index is 2.04. The van der Waals surface area contributed by atoms with Gasteiger partial charge >= 0.3 is 5.97 Å². The van der Waals surface area contributed by atoms with Gasteiger partial charge in [0.05, 0.1) is 6.26 Å². The minimum Gasteiger partial charge on any atom is -0.459 e. The first-order valence-corrected chi connectivity index (χ1v) is 10.6. The summed E-state index contributed by atoms with van der Waals surface area (Å²) in [5.74, 6) is -1.31. The molecule has 7 heteroatoms. The summed E-state index contributed by atoms with van der Waals surface area (Å²) in [6.07, 6.45) is 1.38. The Labute approximate surface area is 183 Å². The van der Waals surface area contributed by atoms with Crippen LogP contribution in [0.1, 0.15) is 75.1 Å². The van der Waals surface area contributed by atoms with Gasteiger partial charge in [0, 0.05) is 5.69 Å². The zero-order chi connectivity index (χ0) is 23.1. The van der Waals surface area contributed by atoms with Gasteiger partial charge in [0.15, 0.2) is 12.4 Å². The van der Waals surface area contributed by atoms with Crippen LogP contribution in [0.5, 0.6) is 0 Å². The highest BCUT2D eigenvalue weighted by Crippen LogP contribution is 2.32. The molecule has 1 heterocycles. The number of carbonyl (C=O) groups excluding carboxylic acids is 3. The van der Waals surface area contributed by atoms with Crippen molar-refractivity contribution in [2.45, 2.75) is 59.4 Å². The lowest BCUT2D eigenvalue weighted by atomic mass is 9.92. The second-order valence-electron chi connectivity index (χ2n) is 8.45. The fourth-order valence-electron chi connectivity index (χ4n) is 3.22. The lowest BCUT2D eigenvalue weighted by Crippen LogP contribution is -2.45. The van der Waals surface area contributed by atoms with Crippen molar-refractivity contribution in [2.24, 2.45) is 5.92 Å². The maximum Gasteiger partial charge on any atom is 0.329 e. The lowest BCUT2D eigenvalue weighted by molar-refractivity contribution is -0.150. The molecule has 0 spiro atoms. The fraction of sp³-hybridized carbons (Fsp3) is 0.458. The van der Waals surface area contributed by atoms with E-state index in [0.29, 0.717) is 0 Å². The third kappa shape index (κ3) is 6.44. The monoisotopic (exact) mass is 428 g/mol. The Hall–Kier alpha value is -3.09. The first kappa shape index (κ1) is 24.2. The van der Waals surface area contributed by atoms with Gasteiger partial charge in [0.2, 0.25) is 0 Å². The van der Waals surface area contributed by atoms with E-state index in [1.54, 1.807) is 19.9 Å². The molecule has 0 unspecified atom stereocenters. The molecule has 1 aromatic carbocycles. The van der Waals surface area contributed by atoms with Crippen molar-refractivity contribution in [3.8, 4) is 0 Å². The number of anilines is 1. The van der Waals surface area contributed by atoms with Crippen molar-refractivity contribution in [2.75, 3.05) is 11.9 Å². The molecular weight excluding hydrogens is 396 g/mol. The van der Waals surface area contributed by atoms with Crippen molar-refractivity contribution in [1.29, 1.82) is 0 Å². The molecule has 0 bridgehead atoms. The minimum absolute atomic E-state index is 0.0997. The summed E-state index contributed by atoms with van der Waals surface area (Å²) in [5.41, 5.74) is 2.81. The molecule has 0 aliphatic heterocycles. The van der Waals surface area contributed by atoms with Crippen molar-refractivity contribution in [1.82, 2.24) is 5.32 Å². The van der Waals surface area contributed by atoms with Gasteiger partial charge in [-0.15, -0.1) is 0 Å². The van der Waals surface area contributed by atoms with Crippen LogP contribution in [0.25, 0.3) is 0 Å². The van der Waals surface area contributed by atoms with E-state index in [2.05, 4.69) is 38.3 Å². The molecule has 1 aromatic heterocycles. The highest BCUT2D eigenvalue weighted by Gasteiger charge is 2.28. The van der Waals surface area contributed by atoms with Crippen LogP contribution < -0.4 is 10.6 Å². The topological polar surface area (TPSA) is 97.6 Å². The molecule has 2 N–H and O–H groups in total. The lowest BCUT2D eigenvalue weighted by Gasteiger charge is -2.22. The predicted octanol–water partition coefficient (Wildman–Crippen LogP) is 4.46. The Morgan fingerprint density at radius 1 is 0.935 bits per heavy atom. The summed E-state index contributed by atoms with van der Waals surface area (Å²) in [6, 6.07) is 8.13. The van der Waals surface area contributed by atoms with E-state index < -0.39 is 30.4 Å². The smallest absolute Gasteiger partial charge is 0.329 e. The Morgan fingerprint density at radius 2 is 1.55 bits per heavy atom. The molecule has 0 saturated carbocycles. The molecule has 7 nitrogen and oxygen atoms in total. The van der Waals surface area contributed by atoms with E-state index in [-0.39, 0.29) is 23.5 Å². The quantitative estimate of drug-likeness (QED) is 0.575. The summed E-state index contributed by atoms with van der Waals surface area (Å²) < 4.78 is 10.3. The molecule has 0 saturated heterocycles. The van der Waals surface area contributed by atoms with E-state index >= 15 is 0 Å². The normalized spacial score (nSPS) is 12.2. The van der Waals surface area contributed by atoms with Gasteiger partial charge < -0.3 is 19.8 Å². The number of carbonyl (C=O) groups is 3. The Kier molecular flexibility index (Phi) is 8.42. The van der Waals surface area contributed by atoms with E-state index in [0.717, 1.165) is 16.8 Å². The maximum absolute atomic E-state index is 12.6. The van der Waals surface area contributed by atoms with Gasteiger partial charge in [-0.2, -0.15) is 0 Å². The standard InChI is InChI=1S/C24H32N2O5/c1-14(2)17-9-7-10-18(15(3)4)22(17)25-20(27)13-31-24(29)21(16(5)6)26-23(28)19-11-8-12-30-19/h7-12,14-16,21H,13H2,1-6H3,(H,25,27)(H,26,28)/t21-/m0/s1. The summed E-state index contributed by atoms with van der Waals surface area (Å²) in [6.45, 7) is 11.4. The zero-order valence-electron chi connectivity index (χ0n) is 19.0. The second kappa shape index (κ2) is 10.8. The number of rotatable bonds is 9. The average molecular weight is 429 g/mol. The molecule has 1 atom stereocenters. The number of para-hydroxylation sites is 1. The molecular formula is C24H32N2O5. The molecule has 31 heavy (non-hydrogen) atoms. The van der Waals surface area contributed by atoms with Crippen LogP contribution in [0, 0.1) is 5.92 Å². The van der Waals surface area contributed by atoms with Crippen LogP contribution in [0.15, 0.2) is 41.0 Å². The fourth-order valence-corrected chi connectivity index (χ4v) is 3.22. The largest absolute Gasteiger partial charge is 0.459 e. The van der Waals surface area contributed by atoms with Crippen LogP contribution >= 0.6 is 0 Å². The first-order chi connectivity index (χ1) is 14.6. The third-order valence-corrected chi connectivity index (χ3v) is 4.94. The molecule has 2 aromatic rings. The molecule has 0 aliphatic rings. The van der Waals surface area contributed by atoms with Crippen molar-refractivity contribution < 1.29 is 23.5 Å². The molecule has 168 valence electrons. The summed E-state index contributed by atoms with van der Waals surface area (Å²) in [5, 5.41) is 5.51. The van der Waals surface area contributed by atoms with Gasteiger partial charge in [-0.1, -0.05) is 59.7 Å². The number of amides is 2. The molecule has 2 amide bonds. The van der Waals surface area contributed by atoms with Crippen molar-refractivity contribution in [3.05, 3.63) is 53.5 Å². The van der Waals surface area contributed by atoms with Gasteiger partial charge in [-0.3, -0.25) is 9.59 Å². The average Bonchev–Trinajstić information content (AvgIpc) is 3.24.